The van der Waals surface area contributed by atoms with Crippen LogP contribution in [0.15, 0.2) is 77.7 Å². The van der Waals surface area contributed by atoms with Gasteiger partial charge in [-0.25, -0.2) is 8.42 Å². The number of sulfonamides is 1. The Morgan fingerprint density at radius 3 is 2.26 bits per heavy atom. The van der Waals surface area contributed by atoms with Crippen LogP contribution >= 0.6 is 0 Å². The van der Waals surface area contributed by atoms with Crippen LogP contribution in [0.3, 0.4) is 0 Å². The molecule has 1 amide bonds. The number of methoxy groups -OCH3 is 2. The molecule has 162 valence electrons. The fourth-order valence-corrected chi connectivity index (χ4v) is 4.60. The molecule has 0 saturated carbocycles. The molecule has 3 aromatic rings. The Balaban J connectivity index is 1.97. The Bertz CT molecular complexity index is 1160. The van der Waals surface area contributed by atoms with Crippen LogP contribution in [0.5, 0.6) is 11.5 Å². The van der Waals surface area contributed by atoms with Crippen molar-refractivity contribution in [2.75, 3.05) is 30.4 Å². The SMILES string of the molecule is COc1ccc(OC)c(NC(=O)CN(c2ccccc2C)S(=O)(=O)c2ccccc2)c1. The van der Waals surface area contributed by atoms with Crippen LogP contribution in [-0.2, 0) is 14.8 Å². The van der Waals surface area contributed by atoms with Gasteiger partial charge in [0, 0.05) is 6.07 Å². The summed E-state index contributed by atoms with van der Waals surface area (Å²) in [5.41, 5.74) is 1.54. The molecule has 0 aromatic heterocycles. The molecule has 7 nitrogen and oxygen atoms in total. The number of benzene rings is 3. The zero-order chi connectivity index (χ0) is 22.4. The van der Waals surface area contributed by atoms with E-state index in [1.54, 1.807) is 61.5 Å². The number of nitrogens with one attached hydrogen (secondary N) is 1. The number of aryl methyl sites for hydroxylation is 1. The molecule has 0 unspecified atom stereocenters. The molecule has 0 heterocycles. The first-order valence-corrected chi connectivity index (χ1v) is 11.0. The molecule has 3 aromatic carbocycles. The molecule has 1 N–H and O–H groups in total. The average molecular weight is 441 g/mol. The van der Waals surface area contributed by atoms with Crippen molar-refractivity contribution < 1.29 is 22.7 Å². The van der Waals surface area contributed by atoms with Crippen LogP contribution < -0.4 is 19.1 Å². The molecule has 0 aliphatic rings. The monoisotopic (exact) mass is 440 g/mol. The molecule has 0 bridgehead atoms. The Morgan fingerprint density at radius 1 is 0.935 bits per heavy atom. The zero-order valence-corrected chi connectivity index (χ0v) is 18.3. The van der Waals surface area contributed by atoms with Gasteiger partial charge in [0.15, 0.2) is 0 Å². The van der Waals surface area contributed by atoms with Crippen molar-refractivity contribution >= 4 is 27.3 Å². The van der Waals surface area contributed by atoms with E-state index in [-0.39, 0.29) is 4.90 Å². The summed E-state index contributed by atoms with van der Waals surface area (Å²) in [5.74, 6) is 0.445. The summed E-state index contributed by atoms with van der Waals surface area (Å²) >= 11 is 0. The van der Waals surface area contributed by atoms with Gasteiger partial charge in [-0.2, -0.15) is 0 Å². The van der Waals surface area contributed by atoms with Gasteiger partial charge in [0.05, 0.1) is 30.5 Å². The van der Waals surface area contributed by atoms with E-state index in [1.165, 1.54) is 26.4 Å². The zero-order valence-electron chi connectivity index (χ0n) is 17.5. The van der Waals surface area contributed by atoms with Crippen LogP contribution in [0.1, 0.15) is 5.56 Å². The predicted octanol–water partition coefficient (Wildman–Crippen LogP) is 3.85. The largest absolute Gasteiger partial charge is 0.497 e. The van der Waals surface area contributed by atoms with Gasteiger partial charge in [-0.3, -0.25) is 9.10 Å². The molecule has 3 rings (SSSR count). The van der Waals surface area contributed by atoms with Gasteiger partial charge in [-0.1, -0.05) is 36.4 Å². The second kappa shape index (κ2) is 9.53. The van der Waals surface area contributed by atoms with E-state index < -0.39 is 22.5 Å². The maximum Gasteiger partial charge on any atom is 0.264 e. The quantitative estimate of drug-likeness (QED) is 0.575. The number of nitrogens with zero attached hydrogens (tertiary/aromatic N) is 1. The van der Waals surface area contributed by atoms with Crippen LogP contribution in [0, 0.1) is 6.92 Å². The summed E-state index contributed by atoms with van der Waals surface area (Å²) < 4.78 is 38.4. The van der Waals surface area contributed by atoms with Crippen LogP contribution in [0.25, 0.3) is 0 Å². The maximum absolute atomic E-state index is 13.4. The predicted molar refractivity (Wildman–Crippen MR) is 120 cm³/mol. The lowest BCUT2D eigenvalue weighted by atomic mass is 10.2. The van der Waals surface area contributed by atoms with Gasteiger partial charge < -0.3 is 14.8 Å². The van der Waals surface area contributed by atoms with Crippen molar-refractivity contribution in [3.8, 4) is 11.5 Å². The first-order chi connectivity index (χ1) is 14.9. The Morgan fingerprint density at radius 2 is 1.61 bits per heavy atom. The van der Waals surface area contributed by atoms with Crippen molar-refractivity contribution in [3.05, 3.63) is 78.4 Å². The number of amides is 1. The molecule has 0 aliphatic carbocycles. The molecular weight excluding hydrogens is 416 g/mol. The third-order valence-electron chi connectivity index (χ3n) is 4.68. The van der Waals surface area contributed by atoms with Crippen LogP contribution in [0.2, 0.25) is 0 Å². The second-order valence-corrected chi connectivity index (χ2v) is 8.59. The summed E-state index contributed by atoms with van der Waals surface area (Å²) in [6, 6.07) is 20.0. The fraction of sp³-hybridized carbons (Fsp3) is 0.174. The molecule has 0 aliphatic heterocycles. The Hall–Kier alpha value is -3.52. The van der Waals surface area contributed by atoms with Gasteiger partial charge in [0.25, 0.3) is 10.0 Å². The van der Waals surface area contributed by atoms with Crippen molar-refractivity contribution in [1.29, 1.82) is 0 Å². The van der Waals surface area contributed by atoms with E-state index in [9.17, 15) is 13.2 Å². The Labute approximate surface area is 182 Å². The van der Waals surface area contributed by atoms with Gasteiger partial charge in [0.1, 0.15) is 18.0 Å². The van der Waals surface area contributed by atoms with Crippen molar-refractivity contribution in [2.45, 2.75) is 11.8 Å². The minimum atomic E-state index is -3.98. The minimum absolute atomic E-state index is 0.102. The van der Waals surface area contributed by atoms with E-state index in [0.29, 0.717) is 22.9 Å². The molecule has 0 spiro atoms. The topological polar surface area (TPSA) is 84.9 Å². The fourth-order valence-electron chi connectivity index (χ4n) is 3.09. The third kappa shape index (κ3) is 4.97. The van der Waals surface area contributed by atoms with Crippen LogP contribution in [0.4, 0.5) is 11.4 Å². The summed E-state index contributed by atoms with van der Waals surface area (Å²) in [6.07, 6.45) is 0. The highest BCUT2D eigenvalue weighted by atomic mass is 32.2. The van der Waals surface area contributed by atoms with Gasteiger partial charge in [0.2, 0.25) is 5.91 Å². The molecule has 0 atom stereocenters. The highest BCUT2D eigenvalue weighted by Gasteiger charge is 2.28. The number of carbonyl (C=O) groups excluding carboxylic acids is 1. The number of para-hydroxylation sites is 1. The molecule has 0 saturated heterocycles. The van der Waals surface area contributed by atoms with E-state index >= 15 is 0 Å². The number of rotatable bonds is 8. The summed E-state index contributed by atoms with van der Waals surface area (Å²) in [4.78, 5) is 13.0. The second-order valence-electron chi connectivity index (χ2n) is 6.73. The minimum Gasteiger partial charge on any atom is -0.497 e. The first kappa shape index (κ1) is 22.2. The number of hydrogen-bond acceptors (Lipinski definition) is 5. The average Bonchev–Trinajstić information content (AvgIpc) is 2.78. The smallest absolute Gasteiger partial charge is 0.264 e. The number of hydrogen-bond donors (Lipinski definition) is 1. The summed E-state index contributed by atoms with van der Waals surface area (Å²) in [5, 5.41) is 2.73. The lowest BCUT2D eigenvalue weighted by Crippen LogP contribution is -2.38. The molecule has 0 radical (unpaired) electrons. The van der Waals surface area contributed by atoms with E-state index in [2.05, 4.69) is 5.32 Å². The van der Waals surface area contributed by atoms with E-state index in [1.807, 2.05) is 6.07 Å². The maximum atomic E-state index is 13.4. The summed E-state index contributed by atoms with van der Waals surface area (Å²) in [7, 11) is -0.979. The number of anilines is 2. The highest BCUT2D eigenvalue weighted by molar-refractivity contribution is 7.92. The van der Waals surface area contributed by atoms with Crippen molar-refractivity contribution in [2.24, 2.45) is 0 Å². The van der Waals surface area contributed by atoms with Gasteiger partial charge in [-0.15, -0.1) is 0 Å². The van der Waals surface area contributed by atoms with E-state index in [4.69, 9.17) is 9.47 Å². The number of ether oxygens (including phenoxy) is 2. The number of carbonyl (C=O) groups is 1. The van der Waals surface area contributed by atoms with Gasteiger partial charge in [-0.05, 0) is 42.8 Å². The Kier molecular flexibility index (Phi) is 6.81. The highest BCUT2D eigenvalue weighted by Crippen LogP contribution is 2.30. The van der Waals surface area contributed by atoms with Crippen LogP contribution in [-0.4, -0.2) is 35.1 Å². The first-order valence-electron chi connectivity index (χ1n) is 9.52. The molecule has 0 fully saturated rings. The lowest BCUT2D eigenvalue weighted by Gasteiger charge is -2.25. The van der Waals surface area contributed by atoms with Gasteiger partial charge >= 0.3 is 0 Å². The summed E-state index contributed by atoms with van der Waals surface area (Å²) in [6.45, 7) is 1.38. The molecule has 31 heavy (non-hydrogen) atoms. The molecule has 8 heteroatoms. The normalized spacial score (nSPS) is 10.9. The van der Waals surface area contributed by atoms with Crippen molar-refractivity contribution in [1.82, 2.24) is 0 Å². The van der Waals surface area contributed by atoms with E-state index in [0.717, 1.165) is 9.87 Å². The van der Waals surface area contributed by atoms with Crippen molar-refractivity contribution in [3.63, 3.8) is 0 Å². The standard InChI is InChI=1S/C23H24N2O5S/c1-17-9-7-8-12-21(17)25(31(27,28)19-10-5-4-6-11-19)16-23(26)24-20-15-18(29-2)13-14-22(20)30-3/h4-15H,16H2,1-3H3,(H,24,26). The molecular formula is C23H24N2O5S. The lowest BCUT2D eigenvalue weighted by molar-refractivity contribution is -0.114. The third-order valence-corrected chi connectivity index (χ3v) is 6.46.